The molecule has 0 atom stereocenters. The lowest BCUT2D eigenvalue weighted by Gasteiger charge is -2.27. The Morgan fingerprint density at radius 1 is 0.346 bits per heavy atom. The van der Waals surface area contributed by atoms with Gasteiger partial charge in [-0.05, 0) is 80.6 Å². The van der Waals surface area contributed by atoms with Crippen LogP contribution in [0.2, 0.25) is 0 Å². The standard InChI is InChI=1S/C50H33NO/c1-3-13-34(14-4-1)36-25-27-39(28-26-36)44-33-45-49-47(23-12-24-48(49)52-50(45)43-21-10-9-20-42(43)44)51(46-22-11-18-38-17-7-8-19-41(38)46)40-31-29-37(30-32-40)35-15-5-2-6-16-35/h1-33H. The van der Waals surface area contributed by atoms with Gasteiger partial charge >= 0.3 is 0 Å². The van der Waals surface area contributed by atoms with Gasteiger partial charge in [0.2, 0.25) is 0 Å². The molecule has 0 bridgehead atoms. The van der Waals surface area contributed by atoms with E-state index in [4.69, 9.17) is 4.42 Å². The molecule has 0 aliphatic carbocycles. The molecule has 9 aromatic carbocycles. The van der Waals surface area contributed by atoms with Crippen molar-refractivity contribution in [2.75, 3.05) is 4.90 Å². The smallest absolute Gasteiger partial charge is 0.143 e. The van der Waals surface area contributed by atoms with Crippen LogP contribution in [0.3, 0.4) is 0 Å². The lowest BCUT2D eigenvalue weighted by atomic mass is 9.93. The zero-order valence-corrected chi connectivity index (χ0v) is 28.4. The van der Waals surface area contributed by atoms with Crippen molar-refractivity contribution >= 4 is 60.5 Å². The maximum atomic E-state index is 6.83. The van der Waals surface area contributed by atoms with Crippen LogP contribution in [0.15, 0.2) is 205 Å². The first-order valence-electron chi connectivity index (χ1n) is 17.8. The molecular formula is C50H33NO. The molecule has 2 heteroatoms. The van der Waals surface area contributed by atoms with Crippen molar-refractivity contribution in [2.24, 2.45) is 0 Å². The number of hydrogen-bond donors (Lipinski definition) is 0. The van der Waals surface area contributed by atoms with Crippen molar-refractivity contribution in [3.63, 3.8) is 0 Å². The third-order valence-corrected chi connectivity index (χ3v) is 10.3. The van der Waals surface area contributed by atoms with Gasteiger partial charge in [0, 0.05) is 21.8 Å². The fourth-order valence-electron chi connectivity index (χ4n) is 7.77. The highest BCUT2D eigenvalue weighted by atomic mass is 16.3. The maximum Gasteiger partial charge on any atom is 0.143 e. The predicted octanol–water partition coefficient (Wildman–Crippen LogP) is 14.4. The van der Waals surface area contributed by atoms with E-state index in [0.29, 0.717) is 0 Å². The van der Waals surface area contributed by atoms with Crippen LogP contribution in [0.5, 0.6) is 0 Å². The average molecular weight is 664 g/mol. The second kappa shape index (κ2) is 12.5. The third kappa shape index (κ3) is 5.04. The number of furan rings is 1. The second-order valence-corrected chi connectivity index (χ2v) is 13.3. The van der Waals surface area contributed by atoms with Crippen molar-refractivity contribution in [2.45, 2.75) is 0 Å². The molecule has 2 nitrogen and oxygen atoms in total. The molecule has 0 unspecified atom stereocenters. The van der Waals surface area contributed by atoms with Crippen molar-refractivity contribution < 1.29 is 4.42 Å². The van der Waals surface area contributed by atoms with E-state index in [2.05, 4.69) is 205 Å². The topological polar surface area (TPSA) is 16.4 Å². The van der Waals surface area contributed by atoms with Crippen molar-refractivity contribution in [3.8, 4) is 33.4 Å². The van der Waals surface area contributed by atoms with E-state index >= 15 is 0 Å². The first kappa shape index (κ1) is 30.0. The van der Waals surface area contributed by atoms with Crippen LogP contribution >= 0.6 is 0 Å². The molecule has 52 heavy (non-hydrogen) atoms. The fourth-order valence-corrected chi connectivity index (χ4v) is 7.77. The van der Waals surface area contributed by atoms with Gasteiger partial charge in [0.15, 0.2) is 0 Å². The fraction of sp³-hybridized carbons (Fsp3) is 0. The van der Waals surface area contributed by atoms with Gasteiger partial charge in [-0.15, -0.1) is 0 Å². The van der Waals surface area contributed by atoms with Gasteiger partial charge in [0.05, 0.1) is 16.8 Å². The number of fused-ring (bicyclic) bond motifs is 6. The van der Waals surface area contributed by atoms with E-state index in [1.54, 1.807) is 0 Å². The summed E-state index contributed by atoms with van der Waals surface area (Å²) in [6.45, 7) is 0. The summed E-state index contributed by atoms with van der Waals surface area (Å²) >= 11 is 0. The van der Waals surface area contributed by atoms with Crippen LogP contribution < -0.4 is 4.90 Å². The van der Waals surface area contributed by atoms with Crippen LogP contribution in [0.4, 0.5) is 17.1 Å². The Hall–Kier alpha value is -6.90. The first-order chi connectivity index (χ1) is 25.8. The Balaban J connectivity index is 1.22. The summed E-state index contributed by atoms with van der Waals surface area (Å²) in [5, 5.41) is 6.84. The number of hydrogen-bond acceptors (Lipinski definition) is 2. The first-order valence-corrected chi connectivity index (χ1v) is 17.8. The molecule has 0 aliphatic rings. The van der Waals surface area contributed by atoms with E-state index in [-0.39, 0.29) is 0 Å². The molecule has 1 heterocycles. The zero-order valence-electron chi connectivity index (χ0n) is 28.4. The summed E-state index contributed by atoms with van der Waals surface area (Å²) < 4.78 is 6.83. The normalized spacial score (nSPS) is 11.5. The summed E-state index contributed by atoms with van der Waals surface area (Å²) in [6, 6.07) is 71.6. The summed E-state index contributed by atoms with van der Waals surface area (Å²) in [5.41, 5.74) is 12.2. The van der Waals surface area contributed by atoms with E-state index in [1.807, 2.05) is 0 Å². The van der Waals surface area contributed by atoms with Gasteiger partial charge in [0.1, 0.15) is 11.2 Å². The average Bonchev–Trinajstić information content (AvgIpc) is 3.61. The molecule has 0 fully saturated rings. The SMILES string of the molecule is c1ccc(-c2ccc(-c3cc4c(oc5cccc(N(c6ccc(-c7ccccc7)cc6)c6cccc7ccccc67)c54)c4ccccc34)cc2)cc1. The highest BCUT2D eigenvalue weighted by Gasteiger charge is 2.23. The third-order valence-electron chi connectivity index (χ3n) is 10.3. The highest BCUT2D eigenvalue weighted by Crippen LogP contribution is 2.47. The quantitative estimate of drug-likeness (QED) is 0.176. The minimum Gasteiger partial charge on any atom is -0.455 e. The Labute approximate surface area is 302 Å². The summed E-state index contributed by atoms with van der Waals surface area (Å²) in [6.07, 6.45) is 0. The molecule has 0 spiro atoms. The molecular weight excluding hydrogens is 631 g/mol. The van der Waals surface area contributed by atoms with Gasteiger partial charge in [-0.3, -0.25) is 0 Å². The van der Waals surface area contributed by atoms with E-state index in [9.17, 15) is 0 Å². The predicted molar refractivity (Wildman–Crippen MR) is 220 cm³/mol. The number of nitrogens with zero attached hydrogens (tertiary/aromatic N) is 1. The maximum absolute atomic E-state index is 6.83. The minimum absolute atomic E-state index is 0.861. The molecule has 244 valence electrons. The molecule has 1 aromatic heterocycles. The van der Waals surface area contributed by atoms with Gasteiger partial charge in [-0.1, -0.05) is 164 Å². The number of anilines is 3. The lowest BCUT2D eigenvalue weighted by Crippen LogP contribution is -2.10. The highest BCUT2D eigenvalue weighted by molar-refractivity contribution is 6.23. The van der Waals surface area contributed by atoms with Gasteiger partial charge < -0.3 is 9.32 Å². The second-order valence-electron chi connectivity index (χ2n) is 13.3. The van der Waals surface area contributed by atoms with Crippen molar-refractivity contribution in [1.82, 2.24) is 0 Å². The van der Waals surface area contributed by atoms with E-state index in [0.717, 1.165) is 44.4 Å². The van der Waals surface area contributed by atoms with Crippen molar-refractivity contribution in [3.05, 3.63) is 200 Å². The van der Waals surface area contributed by atoms with Crippen molar-refractivity contribution in [1.29, 1.82) is 0 Å². The summed E-state index contributed by atoms with van der Waals surface area (Å²) in [4.78, 5) is 2.40. The van der Waals surface area contributed by atoms with Gasteiger partial charge in [-0.2, -0.15) is 0 Å². The van der Waals surface area contributed by atoms with Crippen LogP contribution in [0, 0.1) is 0 Å². The number of benzene rings is 9. The van der Waals surface area contributed by atoms with Crippen LogP contribution in [-0.4, -0.2) is 0 Å². The molecule has 0 N–H and O–H groups in total. The molecule has 0 radical (unpaired) electrons. The van der Waals surface area contributed by atoms with E-state index in [1.165, 1.54) is 49.5 Å². The molecule has 0 saturated carbocycles. The Morgan fingerprint density at radius 2 is 0.865 bits per heavy atom. The Bertz CT molecular complexity index is 2870. The van der Waals surface area contributed by atoms with Crippen LogP contribution in [0.25, 0.3) is 76.9 Å². The van der Waals surface area contributed by atoms with Gasteiger partial charge in [0.25, 0.3) is 0 Å². The Morgan fingerprint density at radius 3 is 1.58 bits per heavy atom. The monoisotopic (exact) mass is 663 g/mol. The zero-order chi connectivity index (χ0) is 34.4. The van der Waals surface area contributed by atoms with Crippen LogP contribution in [-0.2, 0) is 0 Å². The lowest BCUT2D eigenvalue weighted by molar-refractivity contribution is 0.672. The molecule has 10 aromatic rings. The molecule has 0 saturated heterocycles. The molecule has 10 rings (SSSR count). The largest absolute Gasteiger partial charge is 0.455 e. The molecule has 0 amide bonds. The van der Waals surface area contributed by atoms with Crippen LogP contribution in [0.1, 0.15) is 0 Å². The van der Waals surface area contributed by atoms with Gasteiger partial charge in [-0.25, -0.2) is 0 Å². The summed E-state index contributed by atoms with van der Waals surface area (Å²) in [7, 11) is 0. The molecule has 0 aliphatic heterocycles. The summed E-state index contributed by atoms with van der Waals surface area (Å²) in [5.74, 6) is 0. The Kier molecular flexibility index (Phi) is 7.18. The number of rotatable bonds is 6. The minimum atomic E-state index is 0.861. The van der Waals surface area contributed by atoms with E-state index < -0.39 is 0 Å².